The maximum absolute atomic E-state index is 11.1. The lowest BCUT2D eigenvalue weighted by atomic mass is 10.1. The van der Waals surface area contributed by atoms with Crippen LogP contribution in [0.1, 0.15) is 0 Å². The third kappa shape index (κ3) is 2.95. The molecule has 0 aliphatic rings. The minimum Gasteiger partial charge on any atom is -0.508 e. The van der Waals surface area contributed by atoms with Crippen LogP contribution < -0.4 is 0 Å². The van der Waals surface area contributed by atoms with E-state index in [0.717, 1.165) is 0 Å². The molecule has 0 radical (unpaired) electrons. The maximum Gasteiger partial charge on any atom is 0.297 e. The van der Waals surface area contributed by atoms with Crippen LogP contribution in [0.2, 0.25) is 5.02 Å². The SMILES string of the molecule is O=[N+]([O-])c1cc(Cl)c(N=Nc2ccc(O)cc2)c2cccnc12. The summed E-state index contributed by atoms with van der Waals surface area (Å²) in [5.41, 5.74) is 0.818. The number of fused-ring (bicyclic) bond motifs is 1. The second kappa shape index (κ2) is 5.98. The fourth-order valence-electron chi connectivity index (χ4n) is 2.05. The molecule has 1 N–H and O–H groups in total. The first kappa shape index (κ1) is 14.9. The molecule has 114 valence electrons. The number of hydrogen-bond acceptors (Lipinski definition) is 6. The molecule has 0 aliphatic carbocycles. The van der Waals surface area contributed by atoms with Gasteiger partial charge in [-0.1, -0.05) is 11.6 Å². The first-order chi connectivity index (χ1) is 11.1. The second-order valence-corrected chi connectivity index (χ2v) is 5.01. The third-order valence-electron chi connectivity index (χ3n) is 3.11. The molecule has 8 heteroatoms. The summed E-state index contributed by atoms with van der Waals surface area (Å²) >= 11 is 6.12. The molecule has 3 aromatic rings. The zero-order chi connectivity index (χ0) is 16.4. The Bertz CT molecular complexity index is 926. The number of nitro benzene ring substituents is 1. The van der Waals surface area contributed by atoms with E-state index in [1.165, 1.54) is 24.4 Å². The van der Waals surface area contributed by atoms with Crippen LogP contribution in [0.15, 0.2) is 58.9 Å². The summed E-state index contributed by atoms with van der Waals surface area (Å²) in [6.45, 7) is 0. The minimum absolute atomic E-state index is 0.111. The number of aromatic nitrogens is 1. The van der Waals surface area contributed by atoms with Crippen LogP contribution >= 0.6 is 11.6 Å². The highest BCUT2D eigenvalue weighted by Crippen LogP contribution is 2.39. The summed E-state index contributed by atoms with van der Waals surface area (Å²) in [5.74, 6) is 0.118. The lowest BCUT2D eigenvalue weighted by Crippen LogP contribution is -1.92. The number of phenolic OH excluding ortho intramolecular Hbond substituents is 1. The predicted octanol–water partition coefficient (Wildman–Crippen LogP) is 4.92. The fraction of sp³-hybridized carbons (Fsp3) is 0. The summed E-state index contributed by atoms with van der Waals surface area (Å²) in [7, 11) is 0. The fourth-order valence-corrected chi connectivity index (χ4v) is 2.30. The predicted molar refractivity (Wildman–Crippen MR) is 85.7 cm³/mol. The number of aromatic hydroxyl groups is 1. The van der Waals surface area contributed by atoms with E-state index in [0.29, 0.717) is 16.8 Å². The number of nitrogens with zero attached hydrogens (tertiary/aromatic N) is 4. The number of non-ortho nitro benzene ring substituents is 1. The molecule has 0 saturated carbocycles. The highest BCUT2D eigenvalue weighted by molar-refractivity contribution is 6.35. The zero-order valence-electron chi connectivity index (χ0n) is 11.5. The number of azo groups is 1. The first-order valence-electron chi connectivity index (χ1n) is 6.48. The second-order valence-electron chi connectivity index (χ2n) is 4.60. The Hall–Kier alpha value is -3.06. The summed E-state index contributed by atoms with van der Waals surface area (Å²) < 4.78 is 0. The number of pyridine rings is 1. The van der Waals surface area contributed by atoms with Gasteiger partial charge in [-0.25, -0.2) is 4.98 Å². The lowest BCUT2D eigenvalue weighted by Gasteiger charge is -2.04. The Morgan fingerprint density at radius 1 is 1.17 bits per heavy atom. The molecule has 1 aromatic heterocycles. The van der Waals surface area contributed by atoms with E-state index >= 15 is 0 Å². The van der Waals surface area contributed by atoms with Gasteiger partial charge in [0.25, 0.3) is 5.69 Å². The Morgan fingerprint density at radius 2 is 1.91 bits per heavy atom. The molecule has 7 nitrogen and oxygen atoms in total. The molecule has 0 amide bonds. The smallest absolute Gasteiger partial charge is 0.297 e. The largest absolute Gasteiger partial charge is 0.508 e. The van der Waals surface area contributed by atoms with Crippen molar-refractivity contribution in [2.75, 3.05) is 0 Å². The van der Waals surface area contributed by atoms with Crippen molar-refractivity contribution in [3.05, 3.63) is 63.8 Å². The standard InChI is InChI=1S/C15H9ClN4O3/c16-12-8-13(20(22)23)15-11(2-1-7-17-15)14(12)19-18-9-3-5-10(21)6-4-9/h1-8,21H. The Kier molecular flexibility index (Phi) is 3.86. The van der Waals surface area contributed by atoms with Gasteiger partial charge in [-0.05, 0) is 36.4 Å². The van der Waals surface area contributed by atoms with Gasteiger partial charge in [0.15, 0.2) is 5.52 Å². The minimum atomic E-state index is -0.540. The van der Waals surface area contributed by atoms with Crippen molar-refractivity contribution < 1.29 is 10.0 Å². The average molecular weight is 329 g/mol. The molecule has 0 bridgehead atoms. The summed E-state index contributed by atoms with van der Waals surface area (Å²) in [4.78, 5) is 14.6. The van der Waals surface area contributed by atoms with E-state index in [-0.39, 0.29) is 22.0 Å². The van der Waals surface area contributed by atoms with Crippen LogP contribution in [0, 0.1) is 10.1 Å². The number of hydrogen-bond donors (Lipinski definition) is 1. The van der Waals surface area contributed by atoms with Gasteiger partial charge >= 0.3 is 0 Å². The molecule has 0 saturated heterocycles. The van der Waals surface area contributed by atoms with E-state index in [2.05, 4.69) is 15.2 Å². The normalized spacial score (nSPS) is 11.2. The monoisotopic (exact) mass is 328 g/mol. The van der Waals surface area contributed by atoms with Crippen molar-refractivity contribution in [1.82, 2.24) is 4.98 Å². The summed E-state index contributed by atoms with van der Waals surface area (Å²) in [5, 5.41) is 29.0. The van der Waals surface area contributed by atoms with Crippen molar-refractivity contribution in [3.63, 3.8) is 0 Å². The third-order valence-corrected chi connectivity index (χ3v) is 3.40. The highest BCUT2D eigenvalue weighted by Gasteiger charge is 2.19. The van der Waals surface area contributed by atoms with E-state index in [9.17, 15) is 15.2 Å². The molecule has 3 rings (SSSR count). The molecule has 23 heavy (non-hydrogen) atoms. The molecule has 2 aromatic carbocycles. The van der Waals surface area contributed by atoms with E-state index in [1.807, 2.05) is 0 Å². The van der Waals surface area contributed by atoms with Crippen LogP contribution in [0.3, 0.4) is 0 Å². The summed E-state index contributed by atoms with van der Waals surface area (Å²) in [6.07, 6.45) is 1.46. The van der Waals surface area contributed by atoms with Crippen molar-refractivity contribution in [3.8, 4) is 5.75 Å². The van der Waals surface area contributed by atoms with Crippen molar-refractivity contribution in [2.24, 2.45) is 10.2 Å². The molecule has 0 unspecified atom stereocenters. The molecular weight excluding hydrogens is 320 g/mol. The average Bonchev–Trinajstić information content (AvgIpc) is 2.55. The van der Waals surface area contributed by atoms with Crippen molar-refractivity contribution in [2.45, 2.75) is 0 Å². The summed E-state index contributed by atoms with van der Waals surface area (Å²) in [6, 6.07) is 10.6. The maximum atomic E-state index is 11.1. The number of nitro groups is 1. The number of benzene rings is 2. The van der Waals surface area contributed by atoms with Crippen LogP contribution in [0.4, 0.5) is 17.1 Å². The van der Waals surface area contributed by atoms with E-state index in [1.54, 1.807) is 24.3 Å². The Morgan fingerprint density at radius 3 is 2.61 bits per heavy atom. The van der Waals surface area contributed by atoms with Crippen molar-refractivity contribution >= 4 is 39.6 Å². The quantitative estimate of drug-likeness (QED) is 0.419. The van der Waals surface area contributed by atoms with E-state index < -0.39 is 4.92 Å². The van der Waals surface area contributed by atoms with Gasteiger partial charge in [0, 0.05) is 17.6 Å². The van der Waals surface area contributed by atoms with Gasteiger partial charge in [0.1, 0.15) is 11.4 Å². The first-order valence-corrected chi connectivity index (χ1v) is 6.86. The van der Waals surface area contributed by atoms with Gasteiger partial charge in [-0.3, -0.25) is 10.1 Å². The zero-order valence-corrected chi connectivity index (χ0v) is 12.3. The van der Waals surface area contributed by atoms with Crippen LogP contribution in [-0.4, -0.2) is 15.0 Å². The Balaban J connectivity index is 2.14. The Labute approximate surface area is 135 Å². The molecule has 0 atom stereocenters. The van der Waals surface area contributed by atoms with Crippen LogP contribution in [0.5, 0.6) is 5.75 Å². The molecule has 0 fully saturated rings. The van der Waals surface area contributed by atoms with Gasteiger partial charge in [0.05, 0.1) is 15.6 Å². The van der Waals surface area contributed by atoms with E-state index in [4.69, 9.17) is 11.6 Å². The van der Waals surface area contributed by atoms with Crippen LogP contribution in [-0.2, 0) is 0 Å². The molecule has 0 aliphatic heterocycles. The number of rotatable bonds is 3. The van der Waals surface area contributed by atoms with Crippen molar-refractivity contribution in [1.29, 1.82) is 0 Å². The molecular formula is C15H9ClN4O3. The van der Waals surface area contributed by atoms with Gasteiger partial charge < -0.3 is 5.11 Å². The number of halogens is 1. The highest BCUT2D eigenvalue weighted by atomic mass is 35.5. The lowest BCUT2D eigenvalue weighted by molar-refractivity contribution is -0.383. The topological polar surface area (TPSA) is 101 Å². The van der Waals surface area contributed by atoms with Gasteiger partial charge in [0.2, 0.25) is 0 Å². The number of phenols is 1. The van der Waals surface area contributed by atoms with Gasteiger partial charge in [-0.2, -0.15) is 5.11 Å². The van der Waals surface area contributed by atoms with Crippen LogP contribution in [0.25, 0.3) is 10.9 Å². The molecule has 1 heterocycles. The molecule has 0 spiro atoms. The van der Waals surface area contributed by atoms with Gasteiger partial charge in [-0.15, -0.1) is 5.11 Å².